The van der Waals surface area contributed by atoms with E-state index >= 15 is 0 Å². The van der Waals surface area contributed by atoms with Crippen LogP contribution < -0.4 is 10.9 Å². The highest BCUT2D eigenvalue weighted by molar-refractivity contribution is 7.16. The second kappa shape index (κ2) is 6.72. The summed E-state index contributed by atoms with van der Waals surface area (Å²) in [6, 6.07) is 6.78. The highest BCUT2D eigenvalue weighted by Crippen LogP contribution is 2.33. The van der Waals surface area contributed by atoms with Gasteiger partial charge in [0, 0.05) is 17.3 Å². The summed E-state index contributed by atoms with van der Waals surface area (Å²) in [4.78, 5) is 38.0. The fourth-order valence-corrected chi connectivity index (χ4v) is 3.74. The standard InChI is InChI=1S/C18H17N3O4S/c1-9-10(2)26-16(13(9)18(24)25-4)19-15(22)14-11-7-5-6-8-12(11)17(23)21(3)20-14/h5-8H,1-4H3,(H,19,22). The Morgan fingerprint density at radius 2 is 1.85 bits per heavy atom. The van der Waals surface area contributed by atoms with Crippen molar-refractivity contribution in [3.8, 4) is 0 Å². The van der Waals surface area contributed by atoms with E-state index in [9.17, 15) is 14.4 Å². The average Bonchev–Trinajstić information content (AvgIpc) is 2.91. The van der Waals surface area contributed by atoms with Crippen LogP contribution in [0.25, 0.3) is 10.8 Å². The number of methoxy groups -OCH3 is 1. The molecular formula is C18H17N3O4S. The third-order valence-electron chi connectivity index (χ3n) is 4.17. The molecule has 0 saturated carbocycles. The summed E-state index contributed by atoms with van der Waals surface area (Å²) >= 11 is 1.29. The lowest BCUT2D eigenvalue weighted by Crippen LogP contribution is -2.25. The van der Waals surface area contributed by atoms with Gasteiger partial charge in [0.05, 0.1) is 18.1 Å². The van der Waals surface area contributed by atoms with Crippen LogP contribution in [0.4, 0.5) is 5.00 Å². The number of hydrogen-bond donors (Lipinski definition) is 1. The number of thiophene rings is 1. The maximum atomic E-state index is 12.8. The molecular weight excluding hydrogens is 354 g/mol. The molecule has 0 atom stereocenters. The van der Waals surface area contributed by atoms with Crippen molar-refractivity contribution in [2.45, 2.75) is 13.8 Å². The number of esters is 1. The van der Waals surface area contributed by atoms with Crippen LogP contribution in [0.15, 0.2) is 29.1 Å². The summed E-state index contributed by atoms with van der Waals surface area (Å²) in [5, 5.41) is 8.11. The van der Waals surface area contributed by atoms with Crippen LogP contribution in [0.5, 0.6) is 0 Å². The smallest absolute Gasteiger partial charge is 0.341 e. The van der Waals surface area contributed by atoms with Crippen LogP contribution in [0.1, 0.15) is 31.3 Å². The lowest BCUT2D eigenvalue weighted by Gasteiger charge is -2.09. The number of hydrogen-bond acceptors (Lipinski definition) is 6. The molecule has 8 heteroatoms. The number of carbonyl (C=O) groups excluding carboxylic acids is 2. The van der Waals surface area contributed by atoms with Crippen LogP contribution in [-0.2, 0) is 11.8 Å². The molecule has 0 radical (unpaired) electrons. The number of nitrogens with zero attached hydrogens (tertiary/aromatic N) is 2. The summed E-state index contributed by atoms with van der Waals surface area (Å²) in [6.45, 7) is 3.66. The van der Waals surface area contributed by atoms with E-state index in [0.29, 0.717) is 21.3 Å². The molecule has 0 aliphatic rings. The van der Waals surface area contributed by atoms with Crippen molar-refractivity contribution in [2.75, 3.05) is 12.4 Å². The number of rotatable bonds is 3. The Labute approximate surface area is 153 Å². The van der Waals surface area contributed by atoms with Gasteiger partial charge in [0.1, 0.15) is 5.00 Å². The minimum atomic E-state index is -0.513. The van der Waals surface area contributed by atoms with Crippen LogP contribution in [-0.4, -0.2) is 28.8 Å². The molecule has 2 aromatic heterocycles. The van der Waals surface area contributed by atoms with Gasteiger partial charge < -0.3 is 10.1 Å². The Morgan fingerprint density at radius 3 is 2.50 bits per heavy atom. The highest BCUT2D eigenvalue weighted by atomic mass is 32.1. The molecule has 1 amide bonds. The summed E-state index contributed by atoms with van der Waals surface area (Å²) in [7, 11) is 2.79. The highest BCUT2D eigenvalue weighted by Gasteiger charge is 2.23. The molecule has 0 spiro atoms. The summed E-state index contributed by atoms with van der Waals surface area (Å²) < 4.78 is 5.95. The Kier molecular flexibility index (Phi) is 4.60. The number of aryl methyl sites for hydroxylation is 2. The van der Waals surface area contributed by atoms with Gasteiger partial charge in [-0.15, -0.1) is 11.3 Å². The first kappa shape index (κ1) is 17.8. The first-order chi connectivity index (χ1) is 12.3. The van der Waals surface area contributed by atoms with E-state index in [-0.39, 0.29) is 11.3 Å². The zero-order chi connectivity index (χ0) is 19.0. The molecule has 3 rings (SSSR count). The minimum absolute atomic E-state index is 0.113. The predicted molar refractivity (Wildman–Crippen MR) is 100 cm³/mol. The van der Waals surface area contributed by atoms with Gasteiger partial charge >= 0.3 is 5.97 Å². The lowest BCUT2D eigenvalue weighted by atomic mass is 10.1. The van der Waals surface area contributed by atoms with E-state index in [1.54, 1.807) is 31.2 Å². The second-order valence-electron chi connectivity index (χ2n) is 5.76. The maximum absolute atomic E-state index is 12.8. The van der Waals surface area contributed by atoms with E-state index in [4.69, 9.17) is 4.74 Å². The summed E-state index contributed by atoms with van der Waals surface area (Å²) in [5.41, 5.74) is 0.922. The Balaban J connectivity index is 2.10. The number of anilines is 1. The number of fused-ring (bicyclic) bond motifs is 1. The minimum Gasteiger partial charge on any atom is -0.465 e. The lowest BCUT2D eigenvalue weighted by molar-refractivity contribution is 0.0601. The summed E-state index contributed by atoms with van der Waals surface area (Å²) in [5.74, 6) is -1.01. The molecule has 0 saturated heterocycles. The molecule has 134 valence electrons. The summed E-state index contributed by atoms with van der Waals surface area (Å²) in [6.07, 6.45) is 0. The van der Waals surface area contributed by atoms with Crippen molar-refractivity contribution < 1.29 is 14.3 Å². The molecule has 2 heterocycles. The zero-order valence-electron chi connectivity index (χ0n) is 14.7. The molecule has 0 fully saturated rings. The van der Waals surface area contributed by atoms with Gasteiger partial charge in [-0.2, -0.15) is 5.10 Å². The number of benzene rings is 1. The fourth-order valence-electron chi connectivity index (χ4n) is 2.69. The third kappa shape index (κ3) is 2.88. The molecule has 3 aromatic rings. The van der Waals surface area contributed by atoms with Gasteiger partial charge in [0.15, 0.2) is 5.69 Å². The maximum Gasteiger partial charge on any atom is 0.341 e. The van der Waals surface area contributed by atoms with Crippen molar-refractivity contribution in [2.24, 2.45) is 7.05 Å². The van der Waals surface area contributed by atoms with Crippen LogP contribution in [0.3, 0.4) is 0 Å². The average molecular weight is 371 g/mol. The van der Waals surface area contributed by atoms with Gasteiger partial charge in [0.25, 0.3) is 11.5 Å². The molecule has 0 bridgehead atoms. The third-order valence-corrected chi connectivity index (χ3v) is 5.30. The molecule has 0 unspecified atom stereocenters. The first-order valence-electron chi connectivity index (χ1n) is 7.80. The number of carbonyl (C=O) groups is 2. The monoisotopic (exact) mass is 371 g/mol. The fraction of sp³-hybridized carbons (Fsp3) is 0.222. The van der Waals surface area contributed by atoms with Gasteiger partial charge in [-0.05, 0) is 25.5 Å². The van der Waals surface area contributed by atoms with Gasteiger partial charge in [-0.25, -0.2) is 9.48 Å². The zero-order valence-corrected chi connectivity index (χ0v) is 15.6. The van der Waals surface area contributed by atoms with Gasteiger partial charge in [-0.3, -0.25) is 9.59 Å². The Morgan fingerprint density at radius 1 is 1.19 bits per heavy atom. The number of amides is 1. The van der Waals surface area contributed by atoms with Crippen molar-refractivity contribution in [3.63, 3.8) is 0 Å². The molecule has 26 heavy (non-hydrogen) atoms. The van der Waals surface area contributed by atoms with E-state index in [1.165, 1.54) is 25.5 Å². The largest absolute Gasteiger partial charge is 0.465 e. The quantitative estimate of drug-likeness (QED) is 0.715. The number of aromatic nitrogens is 2. The van der Waals surface area contributed by atoms with Gasteiger partial charge in [-0.1, -0.05) is 18.2 Å². The van der Waals surface area contributed by atoms with Crippen molar-refractivity contribution in [1.29, 1.82) is 0 Å². The predicted octanol–water partition coefficient (Wildman–Crippen LogP) is 2.65. The van der Waals surface area contributed by atoms with Gasteiger partial charge in [0.2, 0.25) is 0 Å². The Bertz CT molecular complexity index is 1100. The molecule has 0 aliphatic carbocycles. The van der Waals surface area contributed by atoms with E-state index in [2.05, 4.69) is 10.4 Å². The van der Waals surface area contributed by atoms with Crippen molar-refractivity contribution >= 4 is 39.0 Å². The normalized spacial score (nSPS) is 10.8. The molecule has 1 N–H and O–H groups in total. The van der Waals surface area contributed by atoms with E-state index in [0.717, 1.165) is 15.1 Å². The number of nitrogens with one attached hydrogen (secondary N) is 1. The second-order valence-corrected chi connectivity index (χ2v) is 6.98. The number of ether oxygens (including phenoxy) is 1. The van der Waals surface area contributed by atoms with E-state index in [1.807, 2.05) is 6.92 Å². The Hall–Kier alpha value is -3.00. The SMILES string of the molecule is COC(=O)c1c(NC(=O)c2nn(C)c(=O)c3ccccc23)sc(C)c1C. The first-order valence-corrected chi connectivity index (χ1v) is 8.62. The van der Waals surface area contributed by atoms with Crippen molar-refractivity contribution in [1.82, 2.24) is 9.78 Å². The van der Waals surface area contributed by atoms with Crippen LogP contribution >= 0.6 is 11.3 Å². The van der Waals surface area contributed by atoms with Crippen LogP contribution in [0.2, 0.25) is 0 Å². The topological polar surface area (TPSA) is 90.3 Å². The van der Waals surface area contributed by atoms with Crippen molar-refractivity contribution in [3.05, 3.63) is 56.3 Å². The van der Waals surface area contributed by atoms with E-state index < -0.39 is 11.9 Å². The van der Waals surface area contributed by atoms with Crippen LogP contribution in [0, 0.1) is 13.8 Å². The molecule has 1 aromatic carbocycles. The molecule has 0 aliphatic heterocycles. The molecule has 7 nitrogen and oxygen atoms in total.